The van der Waals surface area contributed by atoms with Gasteiger partial charge in [0.1, 0.15) is 5.75 Å². The molecule has 0 saturated carbocycles. The van der Waals surface area contributed by atoms with Gasteiger partial charge >= 0.3 is 5.97 Å². The van der Waals surface area contributed by atoms with Crippen molar-refractivity contribution >= 4 is 33.5 Å². The molecule has 3 aliphatic rings. The first-order valence-electron chi connectivity index (χ1n) is 12.8. The number of Topliss-reactive ketones (excluding diaryl/α,β-unsaturated/α-hetero) is 2. The van der Waals surface area contributed by atoms with Gasteiger partial charge < -0.3 is 14.7 Å². The summed E-state index contributed by atoms with van der Waals surface area (Å²) < 4.78 is 6.99. The molecule has 0 unspecified atom stereocenters. The van der Waals surface area contributed by atoms with Crippen molar-refractivity contribution in [3.63, 3.8) is 0 Å². The van der Waals surface area contributed by atoms with Crippen molar-refractivity contribution in [2.24, 2.45) is 10.8 Å². The summed E-state index contributed by atoms with van der Waals surface area (Å²) in [5.74, 6) is -0.688. The Morgan fingerprint density at radius 1 is 1.03 bits per heavy atom. The summed E-state index contributed by atoms with van der Waals surface area (Å²) in [5.41, 5.74) is 3.30. The summed E-state index contributed by atoms with van der Waals surface area (Å²) in [5, 5.41) is 9.51. The average Bonchev–Trinajstić information content (AvgIpc) is 2.74. The fourth-order valence-electron chi connectivity index (χ4n) is 5.92. The van der Waals surface area contributed by atoms with E-state index in [9.17, 15) is 19.5 Å². The normalized spacial score (nSPS) is 21.4. The highest BCUT2D eigenvalue weighted by Crippen LogP contribution is 2.55. The highest BCUT2D eigenvalue weighted by molar-refractivity contribution is 9.10. The molecule has 2 aliphatic carbocycles. The maximum atomic E-state index is 13.8. The van der Waals surface area contributed by atoms with Crippen LogP contribution in [0.15, 0.2) is 45.2 Å². The van der Waals surface area contributed by atoms with E-state index < -0.39 is 11.9 Å². The van der Waals surface area contributed by atoms with Gasteiger partial charge in [0.05, 0.1) is 13.0 Å². The summed E-state index contributed by atoms with van der Waals surface area (Å²) >= 11 is 3.59. The largest absolute Gasteiger partial charge is 0.493 e. The third-order valence-electron chi connectivity index (χ3n) is 7.32. The topological polar surface area (TPSA) is 83.9 Å². The number of allylic oxidation sites excluding steroid dienone is 4. The summed E-state index contributed by atoms with van der Waals surface area (Å²) in [6.45, 7) is 11.1. The van der Waals surface area contributed by atoms with E-state index in [0.717, 1.165) is 27.9 Å². The van der Waals surface area contributed by atoms with Gasteiger partial charge in [-0.15, -0.1) is 0 Å². The highest BCUT2D eigenvalue weighted by Gasteiger charge is 2.49. The second-order valence-electron chi connectivity index (χ2n) is 11.9. The zero-order chi connectivity index (χ0) is 26.4. The Kier molecular flexibility index (Phi) is 7.26. The van der Waals surface area contributed by atoms with E-state index in [0.29, 0.717) is 49.2 Å². The number of ether oxygens (including phenoxy) is 1. The van der Waals surface area contributed by atoms with Crippen LogP contribution in [0.5, 0.6) is 5.75 Å². The molecule has 0 bridgehead atoms. The first-order chi connectivity index (χ1) is 16.8. The van der Waals surface area contributed by atoms with E-state index in [2.05, 4.69) is 43.6 Å². The number of nitrogens with zero attached hydrogens (tertiary/aromatic N) is 1. The molecule has 194 valence electrons. The van der Waals surface area contributed by atoms with Crippen LogP contribution in [-0.2, 0) is 14.4 Å². The number of rotatable bonds is 7. The SMILES string of the molecule is CCCOc1ccc(Br)cc1C1C2=C(CC(C)(C)CC2=O)N(CCC(=O)O)C2=C1C(=O)CC(C)(C)C2. The van der Waals surface area contributed by atoms with Crippen molar-refractivity contribution < 1.29 is 24.2 Å². The van der Waals surface area contributed by atoms with Gasteiger partial charge in [-0.3, -0.25) is 14.4 Å². The molecule has 7 heteroatoms. The Morgan fingerprint density at radius 3 is 2.08 bits per heavy atom. The number of carboxylic acid groups (broad SMARTS) is 1. The van der Waals surface area contributed by atoms with Crippen LogP contribution in [0.2, 0.25) is 0 Å². The Hall–Kier alpha value is -2.41. The van der Waals surface area contributed by atoms with Crippen LogP contribution in [0, 0.1) is 10.8 Å². The molecular weight excluding hydrogens is 522 g/mol. The van der Waals surface area contributed by atoms with Gasteiger partial charge in [-0.05, 0) is 48.3 Å². The number of carboxylic acids is 1. The minimum Gasteiger partial charge on any atom is -0.493 e. The van der Waals surface area contributed by atoms with Gasteiger partial charge in [-0.2, -0.15) is 0 Å². The third-order valence-corrected chi connectivity index (χ3v) is 7.81. The third kappa shape index (κ3) is 5.17. The Morgan fingerprint density at radius 2 is 1.58 bits per heavy atom. The standard InChI is InChI=1S/C29H36BrNO5/c1-6-11-36-23-8-7-17(30)12-18(23)25-26-19(13-28(2,3)15-21(26)32)31(10-9-24(34)35)20-14-29(4,5)16-22(33)27(20)25/h7-8,12,25H,6,9-11,13-16H2,1-5H3,(H,34,35). The fourth-order valence-corrected chi connectivity index (χ4v) is 6.30. The molecule has 36 heavy (non-hydrogen) atoms. The van der Waals surface area contributed by atoms with Crippen LogP contribution < -0.4 is 4.74 Å². The van der Waals surface area contributed by atoms with Crippen LogP contribution in [0.4, 0.5) is 0 Å². The quantitative estimate of drug-likeness (QED) is 0.417. The maximum Gasteiger partial charge on any atom is 0.305 e. The molecule has 0 amide bonds. The molecule has 1 N–H and O–H groups in total. The van der Waals surface area contributed by atoms with Crippen molar-refractivity contribution in [1.82, 2.24) is 4.90 Å². The van der Waals surface area contributed by atoms with Gasteiger partial charge in [0.2, 0.25) is 0 Å². The molecule has 0 saturated heterocycles. The Bertz CT molecular complexity index is 1120. The van der Waals surface area contributed by atoms with Crippen molar-refractivity contribution in [3.05, 3.63) is 50.8 Å². The lowest BCUT2D eigenvalue weighted by molar-refractivity contribution is -0.137. The minimum atomic E-state index is -0.897. The van der Waals surface area contributed by atoms with E-state index in [-0.39, 0.29) is 35.4 Å². The first kappa shape index (κ1) is 26.6. The molecule has 6 nitrogen and oxygen atoms in total. The average molecular weight is 559 g/mol. The van der Waals surface area contributed by atoms with Crippen LogP contribution in [0.1, 0.15) is 84.6 Å². The van der Waals surface area contributed by atoms with Crippen LogP contribution in [0.3, 0.4) is 0 Å². The molecule has 0 atom stereocenters. The lowest BCUT2D eigenvalue weighted by Crippen LogP contribution is -2.45. The lowest BCUT2D eigenvalue weighted by Gasteiger charge is -2.49. The highest BCUT2D eigenvalue weighted by atomic mass is 79.9. The van der Waals surface area contributed by atoms with E-state index >= 15 is 0 Å². The number of aliphatic carboxylic acids is 1. The van der Waals surface area contributed by atoms with E-state index in [1.165, 1.54) is 0 Å². The van der Waals surface area contributed by atoms with Gasteiger partial charge in [0, 0.05) is 57.9 Å². The summed E-state index contributed by atoms with van der Waals surface area (Å²) in [7, 11) is 0. The molecule has 0 radical (unpaired) electrons. The molecule has 1 aromatic carbocycles. The van der Waals surface area contributed by atoms with Crippen LogP contribution in [-0.4, -0.2) is 40.7 Å². The molecule has 0 aromatic heterocycles. The van der Waals surface area contributed by atoms with Crippen molar-refractivity contribution in [2.75, 3.05) is 13.2 Å². The van der Waals surface area contributed by atoms with Crippen molar-refractivity contribution in [3.8, 4) is 5.75 Å². The van der Waals surface area contributed by atoms with Gasteiger partial charge in [-0.25, -0.2) is 0 Å². The predicted molar refractivity (Wildman–Crippen MR) is 142 cm³/mol. The zero-order valence-corrected chi connectivity index (χ0v) is 23.5. The summed E-state index contributed by atoms with van der Waals surface area (Å²) in [6.07, 6.45) is 2.84. The number of halogens is 1. The molecule has 1 aliphatic heterocycles. The maximum absolute atomic E-state index is 13.8. The van der Waals surface area contributed by atoms with Gasteiger partial charge in [0.25, 0.3) is 0 Å². The minimum absolute atomic E-state index is 0.0252. The number of benzene rings is 1. The van der Waals surface area contributed by atoms with Crippen LogP contribution >= 0.6 is 15.9 Å². The number of carbonyl (C=O) groups excluding carboxylic acids is 2. The number of hydrogen-bond acceptors (Lipinski definition) is 5. The summed E-state index contributed by atoms with van der Waals surface area (Å²) in [4.78, 5) is 41.3. The van der Waals surface area contributed by atoms with Gasteiger partial charge in [0.15, 0.2) is 11.6 Å². The Balaban J connectivity index is 2.01. The molecule has 4 rings (SSSR count). The summed E-state index contributed by atoms with van der Waals surface area (Å²) in [6, 6.07) is 5.79. The zero-order valence-electron chi connectivity index (χ0n) is 21.9. The number of hydrogen-bond donors (Lipinski definition) is 1. The lowest BCUT2D eigenvalue weighted by atomic mass is 9.63. The molecule has 1 aromatic rings. The van der Waals surface area contributed by atoms with Gasteiger partial charge in [-0.1, -0.05) is 50.5 Å². The number of ketones is 2. The number of carbonyl (C=O) groups is 3. The second-order valence-corrected chi connectivity index (χ2v) is 12.8. The monoisotopic (exact) mass is 557 g/mol. The van der Waals surface area contributed by atoms with E-state index in [1.54, 1.807) is 0 Å². The molecule has 1 heterocycles. The first-order valence-corrected chi connectivity index (χ1v) is 13.6. The van der Waals surface area contributed by atoms with Crippen molar-refractivity contribution in [2.45, 2.75) is 79.1 Å². The Labute approximate surface area is 221 Å². The molecule has 0 spiro atoms. The smallest absolute Gasteiger partial charge is 0.305 e. The van der Waals surface area contributed by atoms with Crippen LogP contribution in [0.25, 0.3) is 0 Å². The second kappa shape index (κ2) is 9.81. The van der Waals surface area contributed by atoms with E-state index in [4.69, 9.17) is 4.74 Å². The molecule has 0 fully saturated rings. The fraction of sp³-hybridized carbons (Fsp3) is 0.552. The predicted octanol–water partition coefficient (Wildman–Crippen LogP) is 6.40. The van der Waals surface area contributed by atoms with E-state index in [1.807, 2.05) is 30.0 Å². The van der Waals surface area contributed by atoms with Crippen molar-refractivity contribution in [1.29, 1.82) is 0 Å². The molecular formula is C29H36BrNO5.